The van der Waals surface area contributed by atoms with Crippen LogP contribution in [0, 0.1) is 0 Å². The Morgan fingerprint density at radius 3 is 2.25 bits per heavy atom. The lowest BCUT2D eigenvalue weighted by atomic mass is 15.8. The summed E-state index contributed by atoms with van der Waals surface area (Å²) in [6.45, 7) is 0. The molecule has 0 spiro atoms. The molecule has 0 rings (SSSR count). The fourth-order valence-corrected chi connectivity index (χ4v) is 0. The van der Waals surface area contributed by atoms with Gasteiger partial charge in [-0.3, -0.25) is 0 Å². The van der Waals surface area contributed by atoms with Crippen LogP contribution in [0.25, 0.3) is 0 Å². The lowest BCUT2D eigenvalue weighted by Crippen LogP contribution is -1.88. The molecule has 0 saturated carbocycles. The van der Waals surface area contributed by atoms with Crippen molar-refractivity contribution in [1.29, 1.82) is 0 Å². The van der Waals surface area contributed by atoms with E-state index >= 15 is 0 Å². The third-order valence-corrected chi connectivity index (χ3v) is 0.411. The topological polar surface area (TPSA) is 29.5 Å². The van der Waals surface area contributed by atoms with E-state index in [9.17, 15) is 0 Å². The Morgan fingerprint density at radius 2 is 2.25 bits per heavy atom. The Kier molecular flexibility index (Phi) is 3.65. The van der Waals surface area contributed by atoms with Crippen molar-refractivity contribution < 1.29 is 8.91 Å². The molecule has 21 valence electrons. The summed E-state index contributed by atoms with van der Waals surface area (Å²) in [4.78, 5) is 7.63. The van der Waals surface area contributed by atoms with Gasteiger partial charge in [0.2, 0.25) is 10.5 Å². The average molecular weight is 89.2 g/mol. The largest absolute Gasteiger partial charge is 0.435 e. The molecule has 4 heteroatoms. The van der Waals surface area contributed by atoms with Gasteiger partial charge in [-0.15, -0.1) is 0 Å². The molecular formula is HO2Si2. The zero-order chi connectivity index (χ0) is 3.41. The zero-order valence-electron chi connectivity index (χ0n) is 1.86. The Morgan fingerprint density at radius 1 is 2.00 bits per heavy atom. The third kappa shape index (κ3) is 2.35. The Hall–Kier alpha value is 0.354. The lowest BCUT2D eigenvalue weighted by molar-refractivity contribution is 0.478. The standard InChI is InChI=1S/HO2Si2/c1-4-2-3/h1H. The summed E-state index contributed by atoms with van der Waals surface area (Å²) in [5, 5.41) is 0. The predicted octanol–water partition coefficient (Wildman–Crippen LogP) is -1.39. The molecule has 0 fully saturated rings. The SMILES string of the molecule is O[Si]O[Si]. The van der Waals surface area contributed by atoms with Crippen molar-refractivity contribution in [1.82, 2.24) is 0 Å². The molecule has 0 aromatic rings. The molecule has 4 heavy (non-hydrogen) atoms. The Labute approximate surface area is 30.4 Å². The van der Waals surface area contributed by atoms with Crippen LogP contribution in [-0.4, -0.2) is 25.3 Å². The van der Waals surface area contributed by atoms with Crippen molar-refractivity contribution in [3.05, 3.63) is 0 Å². The van der Waals surface area contributed by atoms with E-state index in [4.69, 9.17) is 4.80 Å². The van der Waals surface area contributed by atoms with Gasteiger partial charge in [0, 0.05) is 0 Å². The smallest absolute Gasteiger partial charge is 0.418 e. The van der Waals surface area contributed by atoms with Crippen LogP contribution in [0.1, 0.15) is 0 Å². The van der Waals surface area contributed by atoms with E-state index < -0.39 is 10.0 Å². The molecule has 0 aromatic carbocycles. The first kappa shape index (κ1) is 4.35. The van der Waals surface area contributed by atoms with Crippen molar-refractivity contribution >= 4 is 20.5 Å². The van der Waals surface area contributed by atoms with Crippen LogP contribution in [0.5, 0.6) is 0 Å². The molecule has 1 N–H and O–H groups in total. The van der Waals surface area contributed by atoms with E-state index in [2.05, 4.69) is 14.6 Å². The predicted molar refractivity (Wildman–Crippen MR) is 14.8 cm³/mol. The van der Waals surface area contributed by atoms with Crippen LogP contribution in [0.15, 0.2) is 0 Å². The van der Waals surface area contributed by atoms with Gasteiger partial charge in [0.15, 0.2) is 0 Å². The summed E-state index contributed by atoms with van der Waals surface area (Å²) in [6.07, 6.45) is 0. The molecule has 0 aliphatic rings. The van der Waals surface area contributed by atoms with Crippen molar-refractivity contribution in [3.8, 4) is 0 Å². The van der Waals surface area contributed by atoms with Crippen LogP contribution in [0.2, 0.25) is 0 Å². The van der Waals surface area contributed by atoms with E-state index in [0.29, 0.717) is 0 Å². The highest BCUT2D eigenvalue weighted by Gasteiger charge is 1.64. The molecular weight excluding hydrogens is 88.2 g/mol. The van der Waals surface area contributed by atoms with E-state index in [1.807, 2.05) is 0 Å². The van der Waals surface area contributed by atoms with E-state index in [0.717, 1.165) is 0 Å². The second-order valence-corrected chi connectivity index (χ2v) is 1.19. The first-order valence-electron chi connectivity index (χ1n) is 0.632. The highest BCUT2D eigenvalue weighted by Crippen LogP contribution is 1.37. The molecule has 0 heterocycles. The Bertz CT molecular complexity index is 6.00. The summed E-state index contributed by atoms with van der Waals surface area (Å²) in [5.74, 6) is 0. The van der Waals surface area contributed by atoms with Gasteiger partial charge in [-0.1, -0.05) is 0 Å². The molecule has 0 atom stereocenters. The average Bonchev–Trinajstić information content (AvgIpc) is 1.37. The third-order valence-electron chi connectivity index (χ3n) is 0.0456. The zero-order valence-corrected chi connectivity index (χ0v) is 3.86. The summed E-state index contributed by atoms with van der Waals surface area (Å²) < 4.78 is 3.93. The van der Waals surface area contributed by atoms with Crippen molar-refractivity contribution in [3.63, 3.8) is 0 Å². The van der Waals surface area contributed by atoms with Gasteiger partial charge in [0.1, 0.15) is 0 Å². The minimum absolute atomic E-state index is 0.446. The molecule has 0 amide bonds. The minimum atomic E-state index is -0.446. The Balaban J connectivity index is 1.97. The van der Waals surface area contributed by atoms with E-state index in [-0.39, 0.29) is 0 Å². The molecule has 0 bridgehead atoms. The van der Waals surface area contributed by atoms with Gasteiger partial charge >= 0.3 is 10.0 Å². The van der Waals surface area contributed by atoms with Crippen LogP contribution in [0.3, 0.4) is 0 Å². The van der Waals surface area contributed by atoms with Crippen LogP contribution in [-0.2, 0) is 4.12 Å². The molecule has 2 nitrogen and oxygen atoms in total. The second kappa shape index (κ2) is 3.35. The van der Waals surface area contributed by atoms with Crippen LogP contribution < -0.4 is 0 Å². The highest BCUT2D eigenvalue weighted by molar-refractivity contribution is 6.25. The fourth-order valence-electron chi connectivity index (χ4n) is 0. The first-order chi connectivity index (χ1) is 1.91. The molecule has 0 aromatic heterocycles. The molecule has 0 saturated heterocycles. The van der Waals surface area contributed by atoms with Crippen molar-refractivity contribution in [2.45, 2.75) is 0 Å². The summed E-state index contributed by atoms with van der Waals surface area (Å²) in [7, 11) is 2.10. The molecule has 5 radical (unpaired) electrons. The maximum Gasteiger partial charge on any atom is 0.418 e. The van der Waals surface area contributed by atoms with Gasteiger partial charge in [-0.2, -0.15) is 0 Å². The fraction of sp³-hybridized carbons (Fsp3) is 0. The molecule has 0 unspecified atom stereocenters. The molecule has 0 aliphatic heterocycles. The minimum Gasteiger partial charge on any atom is -0.435 e. The van der Waals surface area contributed by atoms with E-state index in [1.54, 1.807) is 0 Å². The normalized spacial score (nSPS) is 7.50. The van der Waals surface area contributed by atoms with Gasteiger partial charge in [0.25, 0.3) is 0 Å². The van der Waals surface area contributed by atoms with E-state index in [1.165, 1.54) is 0 Å². The summed E-state index contributed by atoms with van der Waals surface area (Å²) in [6, 6.07) is 0. The van der Waals surface area contributed by atoms with Gasteiger partial charge in [-0.05, 0) is 0 Å². The summed E-state index contributed by atoms with van der Waals surface area (Å²) >= 11 is 0. The maximum atomic E-state index is 7.63. The van der Waals surface area contributed by atoms with Gasteiger partial charge in [0.05, 0.1) is 0 Å². The quantitative estimate of drug-likeness (QED) is 0.401. The highest BCUT2D eigenvalue weighted by atomic mass is 28.3. The van der Waals surface area contributed by atoms with Crippen LogP contribution in [0.4, 0.5) is 0 Å². The number of rotatable bonds is 1. The number of hydrogen-bond acceptors (Lipinski definition) is 2. The lowest BCUT2D eigenvalue weighted by Gasteiger charge is -1.70. The van der Waals surface area contributed by atoms with Gasteiger partial charge in [-0.25, -0.2) is 0 Å². The van der Waals surface area contributed by atoms with Crippen LogP contribution >= 0.6 is 0 Å². The maximum absolute atomic E-state index is 7.63. The second-order valence-electron chi connectivity index (χ2n) is 0.193. The van der Waals surface area contributed by atoms with Crippen molar-refractivity contribution in [2.75, 3.05) is 0 Å². The molecule has 0 aliphatic carbocycles. The number of hydrogen-bond donors (Lipinski definition) is 1. The van der Waals surface area contributed by atoms with Gasteiger partial charge < -0.3 is 8.91 Å². The summed E-state index contributed by atoms with van der Waals surface area (Å²) in [5.41, 5.74) is 0. The first-order valence-corrected chi connectivity index (χ1v) is 1.90. The monoisotopic (exact) mass is 89.0 g/mol. The van der Waals surface area contributed by atoms with Crippen molar-refractivity contribution in [2.24, 2.45) is 0 Å².